The van der Waals surface area contributed by atoms with Gasteiger partial charge in [0.25, 0.3) is 0 Å². The second-order valence-electron chi connectivity index (χ2n) is 4.04. The maximum absolute atomic E-state index is 10.8. The van der Waals surface area contributed by atoms with Crippen LogP contribution in [0.1, 0.15) is 12.0 Å². The molecule has 0 saturated carbocycles. The predicted molar refractivity (Wildman–Crippen MR) is 64.7 cm³/mol. The molecule has 1 N–H and O–H groups in total. The summed E-state index contributed by atoms with van der Waals surface area (Å²) >= 11 is 0. The summed E-state index contributed by atoms with van der Waals surface area (Å²) in [5.41, 5.74) is 1.25. The normalized spacial score (nSPS) is 20.4. The summed E-state index contributed by atoms with van der Waals surface area (Å²) in [6.07, 6.45) is 0.780. The van der Waals surface area contributed by atoms with E-state index in [4.69, 9.17) is 5.11 Å². The molecule has 0 amide bonds. The lowest BCUT2D eigenvalue weighted by Gasteiger charge is -2.14. The first-order chi connectivity index (χ1) is 7.25. The van der Waals surface area contributed by atoms with Crippen molar-refractivity contribution in [1.29, 1.82) is 0 Å². The maximum atomic E-state index is 10.8. The van der Waals surface area contributed by atoms with Crippen LogP contribution < -0.4 is 0 Å². The first-order valence-corrected chi connectivity index (χ1v) is 5.25. The van der Waals surface area contributed by atoms with Crippen LogP contribution in [-0.4, -0.2) is 29.1 Å². The van der Waals surface area contributed by atoms with Crippen LogP contribution >= 0.6 is 12.4 Å². The number of nitrogens with zero attached hydrogens (tertiary/aromatic N) is 1. The van der Waals surface area contributed by atoms with E-state index in [1.807, 2.05) is 18.2 Å². The third-order valence-electron chi connectivity index (χ3n) is 2.87. The molecule has 1 aliphatic rings. The van der Waals surface area contributed by atoms with Crippen molar-refractivity contribution in [2.75, 3.05) is 13.1 Å². The smallest absolute Gasteiger partial charge is 0.307 e. The number of carboxylic acid groups (broad SMARTS) is 1. The molecule has 1 aliphatic heterocycles. The molecule has 1 fully saturated rings. The van der Waals surface area contributed by atoms with Gasteiger partial charge in [-0.3, -0.25) is 9.69 Å². The fourth-order valence-corrected chi connectivity index (χ4v) is 2.02. The zero-order valence-corrected chi connectivity index (χ0v) is 9.82. The fourth-order valence-electron chi connectivity index (χ4n) is 2.02. The van der Waals surface area contributed by atoms with Gasteiger partial charge in [0.15, 0.2) is 0 Å². The van der Waals surface area contributed by atoms with E-state index < -0.39 is 5.97 Å². The minimum Gasteiger partial charge on any atom is -0.481 e. The summed E-state index contributed by atoms with van der Waals surface area (Å²) < 4.78 is 0. The van der Waals surface area contributed by atoms with Gasteiger partial charge >= 0.3 is 5.97 Å². The molecule has 88 valence electrons. The molecule has 1 heterocycles. The maximum Gasteiger partial charge on any atom is 0.307 e. The van der Waals surface area contributed by atoms with E-state index in [1.54, 1.807) is 0 Å². The lowest BCUT2D eigenvalue weighted by Crippen LogP contribution is -2.22. The van der Waals surface area contributed by atoms with Crippen molar-refractivity contribution in [3.63, 3.8) is 0 Å². The average Bonchev–Trinajstić information content (AvgIpc) is 2.68. The molecule has 16 heavy (non-hydrogen) atoms. The number of benzene rings is 1. The Morgan fingerprint density at radius 2 is 2.06 bits per heavy atom. The van der Waals surface area contributed by atoms with E-state index in [0.29, 0.717) is 6.54 Å². The Morgan fingerprint density at radius 1 is 1.38 bits per heavy atom. The van der Waals surface area contributed by atoms with Gasteiger partial charge in [-0.25, -0.2) is 0 Å². The van der Waals surface area contributed by atoms with Gasteiger partial charge in [0, 0.05) is 13.1 Å². The Morgan fingerprint density at radius 3 is 2.62 bits per heavy atom. The number of aliphatic carboxylic acids is 1. The highest BCUT2D eigenvalue weighted by Gasteiger charge is 2.27. The van der Waals surface area contributed by atoms with Gasteiger partial charge < -0.3 is 5.11 Å². The molecule has 4 heteroatoms. The largest absolute Gasteiger partial charge is 0.481 e. The van der Waals surface area contributed by atoms with Crippen LogP contribution in [-0.2, 0) is 11.3 Å². The van der Waals surface area contributed by atoms with Gasteiger partial charge in [-0.2, -0.15) is 0 Å². The summed E-state index contributed by atoms with van der Waals surface area (Å²) in [6, 6.07) is 10.2. The van der Waals surface area contributed by atoms with Gasteiger partial charge in [0.2, 0.25) is 0 Å². The van der Waals surface area contributed by atoms with Crippen molar-refractivity contribution in [3.05, 3.63) is 35.9 Å². The van der Waals surface area contributed by atoms with Crippen molar-refractivity contribution in [2.24, 2.45) is 5.92 Å². The van der Waals surface area contributed by atoms with E-state index in [0.717, 1.165) is 19.5 Å². The molecular weight excluding hydrogens is 226 g/mol. The Kier molecular flexibility index (Phi) is 4.77. The summed E-state index contributed by atoms with van der Waals surface area (Å²) in [5, 5.41) is 8.87. The van der Waals surface area contributed by atoms with Crippen molar-refractivity contribution in [3.8, 4) is 0 Å². The van der Waals surface area contributed by atoms with Crippen LogP contribution in [0.3, 0.4) is 0 Å². The molecule has 0 radical (unpaired) electrons. The molecule has 1 aromatic rings. The van der Waals surface area contributed by atoms with Crippen LogP contribution in [0, 0.1) is 5.92 Å². The van der Waals surface area contributed by atoms with E-state index in [1.165, 1.54) is 5.56 Å². The van der Waals surface area contributed by atoms with Crippen molar-refractivity contribution in [2.45, 2.75) is 13.0 Å². The minimum absolute atomic E-state index is 0. The van der Waals surface area contributed by atoms with E-state index in [2.05, 4.69) is 17.0 Å². The SMILES string of the molecule is Cl.O=C(O)C1CCN(Cc2ccccc2)C1. The third-order valence-corrected chi connectivity index (χ3v) is 2.87. The summed E-state index contributed by atoms with van der Waals surface area (Å²) in [4.78, 5) is 13.0. The van der Waals surface area contributed by atoms with Crippen molar-refractivity contribution < 1.29 is 9.90 Å². The zero-order valence-electron chi connectivity index (χ0n) is 9.00. The highest BCUT2D eigenvalue weighted by atomic mass is 35.5. The lowest BCUT2D eigenvalue weighted by molar-refractivity contribution is -0.141. The van der Waals surface area contributed by atoms with Crippen molar-refractivity contribution >= 4 is 18.4 Å². The van der Waals surface area contributed by atoms with Gasteiger partial charge in [0.05, 0.1) is 5.92 Å². The second-order valence-corrected chi connectivity index (χ2v) is 4.04. The standard InChI is InChI=1S/C12H15NO2.ClH/c14-12(15)11-6-7-13(9-11)8-10-4-2-1-3-5-10;/h1-5,11H,6-9H2,(H,14,15);1H. The molecule has 1 unspecified atom stereocenters. The molecule has 2 rings (SSSR count). The number of carboxylic acids is 1. The number of hydrogen-bond acceptors (Lipinski definition) is 2. The molecule has 0 aromatic heterocycles. The number of likely N-dealkylation sites (tertiary alicyclic amines) is 1. The highest BCUT2D eigenvalue weighted by Crippen LogP contribution is 2.18. The third kappa shape index (κ3) is 3.22. The Bertz CT molecular complexity index is 342. The van der Waals surface area contributed by atoms with Crippen molar-refractivity contribution in [1.82, 2.24) is 4.90 Å². The lowest BCUT2D eigenvalue weighted by atomic mass is 10.1. The summed E-state index contributed by atoms with van der Waals surface area (Å²) in [7, 11) is 0. The minimum atomic E-state index is -0.662. The van der Waals surface area contributed by atoms with Gasteiger partial charge in [-0.15, -0.1) is 12.4 Å². The van der Waals surface area contributed by atoms with Crippen LogP contribution in [0.4, 0.5) is 0 Å². The Hall–Kier alpha value is -1.06. The first-order valence-electron chi connectivity index (χ1n) is 5.25. The number of halogens is 1. The predicted octanol–water partition coefficient (Wildman–Crippen LogP) is 2.01. The molecule has 1 aromatic carbocycles. The van der Waals surface area contributed by atoms with E-state index >= 15 is 0 Å². The Labute approximate surface area is 101 Å². The monoisotopic (exact) mass is 241 g/mol. The van der Waals surface area contributed by atoms with Gasteiger partial charge in [-0.1, -0.05) is 30.3 Å². The van der Waals surface area contributed by atoms with Crippen LogP contribution in [0.15, 0.2) is 30.3 Å². The topological polar surface area (TPSA) is 40.5 Å². The average molecular weight is 242 g/mol. The molecule has 3 nitrogen and oxygen atoms in total. The highest BCUT2D eigenvalue weighted by molar-refractivity contribution is 5.85. The second kappa shape index (κ2) is 5.87. The van der Waals surface area contributed by atoms with Crippen LogP contribution in [0.2, 0.25) is 0 Å². The Balaban J connectivity index is 0.00000128. The zero-order chi connectivity index (χ0) is 10.7. The number of hydrogen-bond donors (Lipinski definition) is 1. The summed E-state index contributed by atoms with van der Waals surface area (Å²) in [5.74, 6) is -0.834. The fraction of sp³-hybridized carbons (Fsp3) is 0.417. The van der Waals surface area contributed by atoms with E-state index in [-0.39, 0.29) is 18.3 Å². The molecule has 1 atom stereocenters. The molecule has 0 aliphatic carbocycles. The van der Waals surface area contributed by atoms with Crippen LogP contribution in [0.5, 0.6) is 0 Å². The van der Waals surface area contributed by atoms with Gasteiger partial charge in [0.1, 0.15) is 0 Å². The molecule has 0 bridgehead atoms. The first kappa shape index (κ1) is 13.0. The molecular formula is C12H16ClNO2. The molecule has 0 spiro atoms. The number of carbonyl (C=O) groups is 1. The quantitative estimate of drug-likeness (QED) is 0.880. The van der Waals surface area contributed by atoms with Crippen LogP contribution in [0.25, 0.3) is 0 Å². The van der Waals surface area contributed by atoms with Gasteiger partial charge in [-0.05, 0) is 18.5 Å². The van der Waals surface area contributed by atoms with E-state index in [9.17, 15) is 4.79 Å². The summed E-state index contributed by atoms with van der Waals surface area (Å²) in [6.45, 7) is 2.45. The number of rotatable bonds is 3. The molecule has 1 saturated heterocycles.